The Kier molecular flexibility index (Phi) is 4.42. The Morgan fingerprint density at radius 2 is 1.92 bits per heavy atom. The zero-order valence-electron chi connectivity index (χ0n) is 15.4. The summed E-state index contributed by atoms with van der Waals surface area (Å²) in [5.74, 6) is 0.688. The molecule has 0 amide bonds. The largest absolute Gasteiger partial charge is 0.504 e. The van der Waals surface area contributed by atoms with Gasteiger partial charge in [-0.1, -0.05) is 13.8 Å². The molecule has 2 unspecified atom stereocenters. The van der Waals surface area contributed by atoms with Crippen LogP contribution in [0.15, 0.2) is 42.1 Å². The van der Waals surface area contributed by atoms with Crippen LogP contribution in [-0.2, 0) is 16.0 Å². The van der Waals surface area contributed by atoms with Crippen LogP contribution in [0, 0.1) is 0 Å². The first-order valence-electron chi connectivity index (χ1n) is 9.14. The van der Waals surface area contributed by atoms with Crippen LogP contribution < -0.4 is 9.30 Å². The fourth-order valence-corrected chi connectivity index (χ4v) is 3.84. The van der Waals surface area contributed by atoms with Crippen molar-refractivity contribution in [3.63, 3.8) is 0 Å². The van der Waals surface area contributed by atoms with Gasteiger partial charge in [0.15, 0.2) is 24.2 Å². The summed E-state index contributed by atoms with van der Waals surface area (Å²) in [7, 11) is 1.57. The third-order valence-corrected chi connectivity index (χ3v) is 5.11. The van der Waals surface area contributed by atoms with Crippen LogP contribution in [0.1, 0.15) is 26.0 Å². The first-order chi connectivity index (χ1) is 12.7. The molecule has 1 N–H and O–H groups in total. The van der Waals surface area contributed by atoms with Crippen LogP contribution in [0.2, 0.25) is 0 Å². The van der Waals surface area contributed by atoms with Gasteiger partial charge in [0, 0.05) is 18.1 Å². The smallest absolute Gasteiger partial charge is 0.213 e. The molecule has 1 aliphatic carbocycles. The molecule has 3 aliphatic rings. The van der Waals surface area contributed by atoms with E-state index in [2.05, 4.69) is 22.8 Å². The summed E-state index contributed by atoms with van der Waals surface area (Å²) >= 11 is 0. The van der Waals surface area contributed by atoms with Crippen LogP contribution >= 0.6 is 0 Å². The summed E-state index contributed by atoms with van der Waals surface area (Å²) in [5, 5.41) is 12.2. The van der Waals surface area contributed by atoms with Crippen LogP contribution in [0.4, 0.5) is 0 Å². The lowest BCUT2D eigenvalue weighted by molar-refractivity contribution is -0.699. The first kappa shape index (κ1) is 17.1. The minimum Gasteiger partial charge on any atom is -0.504 e. The Morgan fingerprint density at radius 1 is 1.15 bits per heavy atom. The molecular weight excluding hydrogens is 330 g/mol. The zero-order chi connectivity index (χ0) is 18.3. The maximum atomic E-state index is 10.4. The molecule has 5 rings (SSSR count). The summed E-state index contributed by atoms with van der Waals surface area (Å²) in [4.78, 5) is 0. The predicted molar refractivity (Wildman–Crippen MR) is 99.0 cm³/mol. The van der Waals surface area contributed by atoms with Crippen molar-refractivity contribution < 1.29 is 23.9 Å². The van der Waals surface area contributed by atoms with Crippen molar-refractivity contribution in [1.29, 1.82) is 0 Å². The number of aryl methyl sites for hydroxylation is 1. The highest BCUT2D eigenvalue weighted by Crippen LogP contribution is 2.39. The number of ether oxygens (including phenoxy) is 3. The van der Waals surface area contributed by atoms with Crippen LogP contribution in [-0.4, -0.2) is 31.2 Å². The number of rotatable bonds is 1. The number of pyridine rings is 1. The molecule has 26 heavy (non-hydrogen) atoms. The average molecular weight is 354 g/mol. The molecular formula is C21H24NO4+. The van der Waals surface area contributed by atoms with Gasteiger partial charge in [-0.05, 0) is 35.2 Å². The van der Waals surface area contributed by atoms with Crippen molar-refractivity contribution in [3.05, 3.63) is 47.8 Å². The molecule has 1 fully saturated rings. The number of aromatic hydroxyl groups is 1. The third kappa shape index (κ3) is 2.59. The molecule has 1 aromatic heterocycles. The maximum absolute atomic E-state index is 10.4. The number of phenols is 1. The highest BCUT2D eigenvalue weighted by Gasteiger charge is 2.36. The van der Waals surface area contributed by atoms with E-state index in [0.29, 0.717) is 12.5 Å². The van der Waals surface area contributed by atoms with Crippen LogP contribution in [0.25, 0.3) is 16.3 Å². The molecule has 2 aromatic rings. The lowest BCUT2D eigenvalue weighted by Crippen LogP contribution is -2.42. The van der Waals surface area contributed by atoms with E-state index in [-0.39, 0.29) is 18.0 Å². The lowest BCUT2D eigenvalue weighted by Gasteiger charge is -2.24. The van der Waals surface area contributed by atoms with Gasteiger partial charge >= 0.3 is 0 Å². The minimum atomic E-state index is -0.00438. The normalized spacial score (nSPS) is 23.0. The van der Waals surface area contributed by atoms with Crippen molar-refractivity contribution in [2.45, 2.75) is 39.0 Å². The summed E-state index contributed by atoms with van der Waals surface area (Å²) in [6.45, 7) is 5.23. The second-order valence-electron chi connectivity index (χ2n) is 6.37. The molecule has 2 aliphatic heterocycles. The Labute approximate surface area is 153 Å². The van der Waals surface area contributed by atoms with Gasteiger partial charge in [0.25, 0.3) is 0 Å². The number of allylic oxidation sites excluding steroid dienone is 2. The maximum Gasteiger partial charge on any atom is 0.213 e. The van der Waals surface area contributed by atoms with Gasteiger partial charge in [-0.2, -0.15) is 4.57 Å². The number of benzene rings is 1. The topological polar surface area (TPSA) is 51.8 Å². The zero-order valence-corrected chi connectivity index (χ0v) is 15.4. The van der Waals surface area contributed by atoms with Gasteiger partial charge in [-0.15, -0.1) is 0 Å². The molecule has 3 heterocycles. The van der Waals surface area contributed by atoms with Crippen LogP contribution in [0.5, 0.6) is 11.5 Å². The average Bonchev–Trinajstić information content (AvgIpc) is 3.14. The summed E-state index contributed by atoms with van der Waals surface area (Å²) in [5.41, 5.74) is 3.68. The van der Waals surface area contributed by atoms with E-state index in [1.54, 1.807) is 13.2 Å². The SMILES string of the molecule is CC.COc1ccc2cc3[n+](cc2c1O)CCC1=CC2OCOC2C=C13. The van der Waals surface area contributed by atoms with E-state index in [1.807, 2.05) is 26.1 Å². The molecule has 136 valence electrons. The van der Waals surface area contributed by atoms with E-state index < -0.39 is 0 Å². The Bertz CT molecular complexity index is 916. The molecule has 0 saturated carbocycles. The standard InChI is InChI=1S/C19H17NO4.C2H6/c1-22-16-3-2-11-6-15-13-8-18-17(23-10-24-18)7-12(13)4-5-20(15)9-14(11)19(16)21;1-2/h2-3,6-9,17-18H,4-5,10H2,1H3;1-2H3/p+1. The molecule has 5 heteroatoms. The van der Waals surface area contributed by atoms with E-state index in [9.17, 15) is 5.11 Å². The van der Waals surface area contributed by atoms with Crippen molar-refractivity contribution in [3.8, 4) is 11.5 Å². The van der Waals surface area contributed by atoms with Crippen molar-refractivity contribution >= 4 is 16.3 Å². The van der Waals surface area contributed by atoms with Gasteiger partial charge in [0.2, 0.25) is 5.69 Å². The minimum absolute atomic E-state index is 0.00438. The second-order valence-corrected chi connectivity index (χ2v) is 6.37. The summed E-state index contributed by atoms with van der Waals surface area (Å²) in [6, 6.07) is 5.91. The number of nitrogens with zero attached hydrogens (tertiary/aromatic N) is 1. The number of fused-ring (bicyclic) bond motifs is 5. The summed E-state index contributed by atoms with van der Waals surface area (Å²) < 4.78 is 18.7. The third-order valence-electron chi connectivity index (χ3n) is 5.11. The molecule has 0 radical (unpaired) electrons. The van der Waals surface area contributed by atoms with Crippen molar-refractivity contribution in [2.75, 3.05) is 13.9 Å². The fraction of sp³-hybridized carbons (Fsp3) is 0.381. The molecule has 5 nitrogen and oxygen atoms in total. The first-order valence-corrected chi connectivity index (χ1v) is 9.14. The number of methoxy groups -OCH3 is 1. The number of hydrogen-bond acceptors (Lipinski definition) is 4. The van der Waals surface area contributed by atoms with Crippen molar-refractivity contribution in [2.24, 2.45) is 0 Å². The van der Waals surface area contributed by atoms with E-state index in [4.69, 9.17) is 14.2 Å². The highest BCUT2D eigenvalue weighted by molar-refractivity contribution is 5.92. The highest BCUT2D eigenvalue weighted by atomic mass is 16.7. The Morgan fingerprint density at radius 3 is 2.69 bits per heavy atom. The monoisotopic (exact) mass is 354 g/mol. The van der Waals surface area contributed by atoms with Crippen LogP contribution in [0.3, 0.4) is 0 Å². The number of aromatic nitrogens is 1. The Balaban J connectivity index is 0.000000814. The van der Waals surface area contributed by atoms with Gasteiger partial charge in [0.05, 0.1) is 12.5 Å². The molecule has 0 bridgehead atoms. The lowest BCUT2D eigenvalue weighted by atomic mass is 9.87. The summed E-state index contributed by atoms with van der Waals surface area (Å²) in [6.07, 6.45) is 7.38. The predicted octanol–water partition coefficient (Wildman–Crippen LogP) is 3.34. The molecule has 1 saturated heterocycles. The number of phenolic OH excluding ortho intramolecular Hbond substituents is 1. The quantitative estimate of drug-likeness (QED) is 0.798. The van der Waals surface area contributed by atoms with E-state index in [0.717, 1.165) is 29.4 Å². The van der Waals surface area contributed by atoms with Gasteiger partial charge in [-0.25, -0.2) is 0 Å². The van der Waals surface area contributed by atoms with Crippen molar-refractivity contribution in [1.82, 2.24) is 0 Å². The van der Waals surface area contributed by atoms with Gasteiger partial charge in [-0.3, -0.25) is 0 Å². The molecule has 1 aromatic carbocycles. The molecule has 0 spiro atoms. The van der Waals surface area contributed by atoms with Gasteiger partial charge in [0.1, 0.15) is 19.0 Å². The van der Waals surface area contributed by atoms with E-state index in [1.165, 1.54) is 11.1 Å². The number of hydrogen-bond donors (Lipinski definition) is 1. The Hall–Kier alpha value is -2.37. The fourth-order valence-electron chi connectivity index (χ4n) is 3.84. The molecule has 2 atom stereocenters. The van der Waals surface area contributed by atoms with Gasteiger partial charge < -0.3 is 19.3 Å². The second kappa shape index (κ2) is 6.74. The van der Waals surface area contributed by atoms with E-state index >= 15 is 0 Å².